The molecule has 0 aliphatic rings. The summed E-state index contributed by atoms with van der Waals surface area (Å²) in [5, 5.41) is 5.39. The Bertz CT molecular complexity index is 93.6. The molecule has 0 saturated heterocycles. The van der Waals surface area contributed by atoms with Gasteiger partial charge in [-0.3, -0.25) is 0 Å². The summed E-state index contributed by atoms with van der Waals surface area (Å²) in [6, 6.07) is -0.0593. The smallest absolute Gasteiger partial charge is 0.314 e. The van der Waals surface area contributed by atoms with Crippen LogP contribution in [0.15, 0.2) is 0 Å². The summed E-state index contributed by atoms with van der Waals surface area (Å²) in [6.45, 7) is 5.47. The highest BCUT2D eigenvalue weighted by molar-refractivity contribution is 5.73. The summed E-state index contributed by atoms with van der Waals surface area (Å²) in [7, 11) is 0. The number of nitrogens with one attached hydrogen (secondary N) is 2. The molecule has 0 aromatic rings. The van der Waals surface area contributed by atoms with E-state index in [2.05, 4.69) is 17.6 Å². The molecule has 0 bridgehead atoms. The lowest BCUT2D eigenvalue weighted by Crippen LogP contribution is -2.35. The van der Waals surface area contributed by atoms with Crippen molar-refractivity contribution in [3.8, 4) is 0 Å². The first-order valence-corrected chi connectivity index (χ1v) is 3.83. The van der Waals surface area contributed by atoms with Crippen molar-refractivity contribution >= 4 is 6.03 Å². The molecule has 3 nitrogen and oxygen atoms in total. The van der Waals surface area contributed by atoms with E-state index >= 15 is 0 Å². The summed E-state index contributed by atoms with van der Waals surface area (Å²) in [5.74, 6) is 0. The fourth-order valence-electron chi connectivity index (χ4n) is 0.602. The van der Waals surface area contributed by atoms with Crippen LogP contribution in [-0.2, 0) is 0 Å². The highest BCUT2D eigenvalue weighted by Gasteiger charge is 1.93. The average Bonchev–Trinajstić information content (AvgIpc) is 1.89. The molecule has 2 N–H and O–H groups in total. The molecule has 0 rings (SSSR count). The molecule has 10 heavy (non-hydrogen) atoms. The predicted molar refractivity (Wildman–Crippen MR) is 42.0 cm³/mol. The number of unbranched alkanes of at least 4 members (excludes halogenated alkanes) is 1. The Morgan fingerprint density at radius 3 is 2.50 bits per heavy atom. The zero-order valence-electron chi connectivity index (χ0n) is 6.74. The third-order valence-electron chi connectivity index (χ3n) is 1.15. The Hall–Kier alpha value is -0.730. The number of carbonyl (C=O) groups is 1. The molecule has 0 radical (unpaired) electrons. The van der Waals surface area contributed by atoms with Gasteiger partial charge in [0.05, 0.1) is 0 Å². The van der Waals surface area contributed by atoms with Crippen molar-refractivity contribution < 1.29 is 4.79 Å². The number of amides is 2. The van der Waals surface area contributed by atoms with Gasteiger partial charge in [-0.1, -0.05) is 13.3 Å². The third-order valence-corrected chi connectivity index (χ3v) is 1.15. The Morgan fingerprint density at radius 2 is 2.00 bits per heavy atom. The second-order valence-corrected chi connectivity index (χ2v) is 2.14. The third kappa shape index (κ3) is 5.41. The van der Waals surface area contributed by atoms with Crippen LogP contribution >= 0.6 is 0 Å². The molecule has 0 aromatic carbocycles. The van der Waals surface area contributed by atoms with E-state index in [-0.39, 0.29) is 6.03 Å². The predicted octanol–water partition coefficient (Wildman–Crippen LogP) is 1.11. The molecule has 0 heterocycles. The molecule has 3 heteroatoms. The summed E-state index contributed by atoms with van der Waals surface area (Å²) in [6.07, 6.45) is 2.17. The molecule has 0 aliphatic heterocycles. The van der Waals surface area contributed by atoms with Gasteiger partial charge in [0.15, 0.2) is 0 Å². The van der Waals surface area contributed by atoms with E-state index in [9.17, 15) is 4.79 Å². The first-order chi connectivity index (χ1) is 4.81. The van der Waals surface area contributed by atoms with Crippen LogP contribution in [0, 0.1) is 0 Å². The molecule has 60 valence electrons. The maximum Gasteiger partial charge on any atom is 0.314 e. The highest BCUT2D eigenvalue weighted by Crippen LogP contribution is 1.81. The first-order valence-electron chi connectivity index (χ1n) is 3.83. The van der Waals surface area contributed by atoms with Gasteiger partial charge in [0.2, 0.25) is 0 Å². The minimum Gasteiger partial charge on any atom is -0.338 e. The molecule has 0 atom stereocenters. The summed E-state index contributed by atoms with van der Waals surface area (Å²) in [4.78, 5) is 10.7. The molecular weight excluding hydrogens is 128 g/mol. The van der Waals surface area contributed by atoms with Gasteiger partial charge in [0.1, 0.15) is 0 Å². The maximum absolute atomic E-state index is 10.7. The zero-order valence-corrected chi connectivity index (χ0v) is 6.74. The van der Waals surface area contributed by atoms with E-state index in [1.54, 1.807) is 0 Å². The van der Waals surface area contributed by atoms with Crippen LogP contribution in [0.2, 0.25) is 0 Å². The zero-order chi connectivity index (χ0) is 7.82. The van der Waals surface area contributed by atoms with Crippen molar-refractivity contribution in [2.45, 2.75) is 26.7 Å². The minimum absolute atomic E-state index is 0.0593. The van der Waals surface area contributed by atoms with Gasteiger partial charge in [0.25, 0.3) is 0 Å². The molecule has 2 amide bonds. The minimum atomic E-state index is -0.0593. The first kappa shape index (κ1) is 9.27. The van der Waals surface area contributed by atoms with Gasteiger partial charge in [-0.05, 0) is 13.3 Å². The van der Waals surface area contributed by atoms with Crippen molar-refractivity contribution in [2.75, 3.05) is 13.1 Å². The van der Waals surface area contributed by atoms with Crippen LogP contribution in [0.1, 0.15) is 26.7 Å². The Balaban J connectivity index is 3.05. The van der Waals surface area contributed by atoms with Crippen molar-refractivity contribution in [3.05, 3.63) is 0 Å². The number of hydrogen-bond donors (Lipinski definition) is 2. The van der Waals surface area contributed by atoms with E-state index in [1.165, 1.54) is 0 Å². The van der Waals surface area contributed by atoms with Crippen LogP contribution in [0.4, 0.5) is 4.79 Å². The molecule has 0 saturated carbocycles. The molecule has 0 aromatic heterocycles. The van der Waals surface area contributed by atoms with E-state index in [0.717, 1.165) is 19.4 Å². The molecule has 0 unspecified atom stereocenters. The maximum atomic E-state index is 10.7. The number of rotatable bonds is 4. The monoisotopic (exact) mass is 144 g/mol. The van der Waals surface area contributed by atoms with Crippen molar-refractivity contribution in [2.24, 2.45) is 0 Å². The second-order valence-electron chi connectivity index (χ2n) is 2.14. The van der Waals surface area contributed by atoms with Crippen LogP contribution in [0.3, 0.4) is 0 Å². The van der Waals surface area contributed by atoms with E-state index in [0.29, 0.717) is 6.54 Å². The van der Waals surface area contributed by atoms with Gasteiger partial charge in [0, 0.05) is 13.1 Å². The van der Waals surface area contributed by atoms with Crippen LogP contribution in [-0.4, -0.2) is 19.1 Å². The Morgan fingerprint density at radius 1 is 1.30 bits per heavy atom. The average molecular weight is 144 g/mol. The topological polar surface area (TPSA) is 41.1 Å². The Kier molecular flexibility index (Phi) is 5.92. The standard InChI is InChI=1S/C7H16N2O/c1-3-5-6-9-7(10)8-4-2/h3-6H2,1-2H3,(H2,8,9,10). The van der Waals surface area contributed by atoms with Gasteiger partial charge in [-0.15, -0.1) is 0 Å². The van der Waals surface area contributed by atoms with Crippen LogP contribution < -0.4 is 10.6 Å². The van der Waals surface area contributed by atoms with E-state index in [1.807, 2.05) is 6.92 Å². The van der Waals surface area contributed by atoms with Crippen LogP contribution in [0.25, 0.3) is 0 Å². The molecule has 0 aliphatic carbocycles. The number of carbonyl (C=O) groups excluding carboxylic acids is 1. The lowest BCUT2D eigenvalue weighted by molar-refractivity contribution is 0.241. The molecule has 0 fully saturated rings. The van der Waals surface area contributed by atoms with E-state index < -0.39 is 0 Å². The van der Waals surface area contributed by atoms with E-state index in [4.69, 9.17) is 0 Å². The van der Waals surface area contributed by atoms with Crippen molar-refractivity contribution in [1.82, 2.24) is 10.6 Å². The van der Waals surface area contributed by atoms with Gasteiger partial charge in [-0.2, -0.15) is 0 Å². The summed E-state index contributed by atoms with van der Waals surface area (Å²) >= 11 is 0. The normalized spacial score (nSPS) is 9.00. The fourth-order valence-corrected chi connectivity index (χ4v) is 0.602. The van der Waals surface area contributed by atoms with Gasteiger partial charge >= 0.3 is 6.03 Å². The molecule has 0 spiro atoms. The van der Waals surface area contributed by atoms with Gasteiger partial charge in [-0.25, -0.2) is 4.79 Å². The quantitative estimate of drug-likeness (QED) is 0.570. The lowest BCUT2D eigenvalue weighted by atomic mass is 10.3. The number of hydrogen-bond acceptors (Lipinski definition) is 1. The largest absolute Gasteiger partial charge is 0.338 e. The van der Waals surface area contributed by atoms with Crippen molar-refractivity contribution in [1.29, 1.82) is 0 Å². The fraction of sp³-hybridized carbons (Fsp3) is 0.857. The second kappa shape index (κ2) is 6.39. The Labute approximate surface area is 62.2 Å². The molecular formula is C7H16N2O. The summed E-state index contributed by atoms with van der Waals surface area (Å²) < 4.78 is 0. The van der Waals surface area contributed by atoms with Crippen molar-refractivity contribution in [3.63, 3.8) is 0 Å². The lowest BCUT2D eigenvalue weighted by Gasteiger charge is -2.03. The van der Waals surface area contributed by atoms with Crippen LogP contribution in [0.5, 0.6) is 0 Å². The summed E-state index contributed by atoms with van der Waals surface area (Å²) in [5.41, 5.74) is 0. The SMILES string of the molecule is CCCCNC(=O)NCC. The number of urea groups is 1. The highest BCUT2D eigenvalue weighted by atomic mass is 16.2. The van der Waals surface area contributed by atoms with Gasteiger partial charge < -0.3 is 10.6 Å².